The normalized spacial score (nSPS) is 12.6. The van der Waals surface area contributed by atoms with E-state index in [9.17, 15) is 0 Å². The van der Waals surface area contributed by atoms with Crippen molar-refractivity contribution >= 4 is 81.7 Å². The molecular weight excluding hydrogens is 583 g/mol. The molecule has 3 nitrogen and oxygen atoms in total. The fourth-order valence-corrected chi connectivity index (χ4v) is 8.91. The van der Waals surface area contributed by atoms with E-state index in [1.54, 1.807) is 0 Å². The molecule has 0 atom stereocenters. The lowest BCUT2D eigenvalue weighted by molar-refractivity contribution is 1.20. The van der Waals surface area contributed by atoms with E-state index in [1.165, 1.54) is 93.0 Å². The first kappa shape index (κ1) is 24.7. The van der Waals surface area contributed by atoms with Crippen LogP contribution < -0.4 is 0 Å². The Morgan fingerprint density at radius 3 is 1.85 bits per heavy atom. The molecule has 0 bridgehead atoms. The zero-order chi connectivity index (χ0) is 31.1. The van der Waals surface area contributed by atoms with Crippen molar-refractivity contribution in [2.75, 3.05) is 0 Å². The number of para-hydroxylation sites is 2. The number of benzene rings is 8. The molecule has 48 heavy (non-hydrogen) atoms. The molecule has 1 aliphatic rings. The number of pyridine rings is 1. The minimum Gasteiger partial charge on any atom is -0.309 e. The number of imidazole rings is 1. The molecule has 3 heteroatoms. The zero-order valence-corrected chi connectivity index (χ0v) is 25.8. The first-order valence-corrected chi connectivity index (χ1v) is 16.6. The highest BCUT2D eigenvalue weighted by molar-refractivity contribution is 6.27. The molecule has 0 radical (unpaired) electrons. The van der Waals surface area contributed by atoms with Gasteiger partial charge in [-0.1, -0.05) is 121 Å². The van der Waals surface area contributed by atoms with Crippen molar-refractivity contribution in [3.63, 3.8) is 0 Å². The van der Waals surface area contributed by atoms with Gasteiger partial charge in [0.25, 0.3) is 0 Å². The monoisotopic (exact) mass is 607 g/mol. The molecule has 0 fully saturated rings. The molecular formula is C45H25N3. The highest BCUT2D eigenvalue weighted by atomic mass is 15.0. The van der Waals surface area contributed by atoms with Crippen molar-refractivity contribution in [2.24, 2.45) is 0 Å². The lowest BCUT2D eigenvalue weighted by atomic mass is 10.0. The Morgan fingerprint density at radius 1 is 0.354 bits per heavy atom. The van der Waals surface area contributed by atoms with Gasteiger partial charge in [0.1, 0.15) is 5.65 Å². The van der Waals surface area contributed by atoms with E-state index in [-0.39, 0.29) is 0 Å². The van der Waals surface area contributed by atoms with Crippen molar-refractivity contribution in [1.82, 2.24) is 14.0 Å². The Morgan fingerprint density at radius 2 is 1.00 bits per heavy atom. The van der Waals surface area contributed by atoms with Crippen LogP contribution in [0.2, 0.25) is 0 Å². The van der Waals surface area contributed by atoms with Gasteiger partial charge in [-0.25, -0.2) is 4.98 Å². The molecule has 0 saturated heterocycles. The van der Waals surface area contributed by atoms with Crippen molar-refractivity contribution < 1.29 is 0 Å². The summed E-state index contributed by atoms with van der Waals surface area (Å²) in [6, 6.07) is 55.7. The lowest BCUT2D eigenvalue weighted by Gasteiger charge is -2.14. The summed E-state index contributed by atoms with van der Waals surface area (Å²) in [6.45, 7) is 0. The summed E-state index contributed by atoms with van der Waals surface area (Å²) in [5.74, 6) is 0. The van der Waals surface area contributed by atoms with Crippen LogP contribution in [0.3, 0.4) is 0 Å². The third-order valence-electron chi connectivity index (χ3n) is 10.8. The Bertz CT molecular complexity index is 3200. The van der Waals surface area contributed by atoms with Gasteiger partial charge in [0.05, 0.1) is 33.3 Å². The fraction of sp³-hybridized carbons (Fsp3) is 0. The van der Waals surface area contributed by atoms with Crippen LogP contribution in [0.25, 0.3) is 110 Å². The Kier molecular flexibility index (Phi) is 4.47. The highest BCUT2D eigenvalue weighted by Crippen LogP contribution is 2.49. The van der Waals surface area contributed by atoms with Crippen molar-refractivity contribution in [3.8, 4) is 27.9 Å². The van der Waals surface area contributed by atoms with Crippen LogP contribution in [0.15, 0.2) is 152 Å². The summed E-state index contributed by atoms with van der Waals surface area (Å²) < 4.78 is 4.87. The lowest BCUT2D eigenvalue weighted by Crippen LogP contribution is -1.96. The molecule has 3 heterocycles. The molecule has 3 aromatic heterocycles. The molecule has 8 aromatic carbocycles. The van der Waals surface area contributed by atoms with Crippen LogP contribution in [0.5, 0.6) is 0 Å². The van der Waals surface area contributed by atoms with Crippen LogP contribution >= 0.6 is 0 Å². The van der Waals surface area contributed by atoms with Gasteiger partial charge in [-0.05, 0) is 68.7 Å². The van der Waals surface area contributed by atoms with E-state index in [0.29, 0.717) is 0 Å². The molecule has 0 saturated carbocycles. The third kappa shape index (κ3) is 2.89. The maximum atomic E-state index is 5.27. The smallest absolute Gasteiger partial charge is 0.146 e. The largest absolute Gasteiger partial charge is 0.309 e. The minimum atomic E-state index is 1.00. The molecule has 12 rings (SSSR count). The van der Waals surface area contributed by atoms with Crippen LogP contribution in [0.4, 0.5) is 0 Å². The maximum absolute atomic E-state index is 5.27. The number of fused-ring (bicyclic) bond motifs is 17. The predicted molar refractivity (Wildman–Crippen MR) is 201 cm³/mol. The van der Waals surface area contributed by atoms with E-state index >= 15 is 0 Å². The Labute approximate surface area is 274 Å². The first-order chi connectivity index (χ1) is 23.8. The average Bonchev–Trinajstić information content (AvgIpc) is 3.82. The van der Waals surface area contributed by atoms with E-state index in [1.807, 2.05) is 0 Å². The number of rotatable bonds is 1. The second-order valence-corrected chi connectivity index (χ2v) is 13.1. The van der Waals surface area contributed by atoms with Crippen molar-refractivity contribution in [2.45, 2.75) is 0 Å². The van der Waals surface area contributed by atoms with Gasteiger partial charge in [0, 0.05) is 32.3 Å². The summed E-state index contributed by atoms with van der Waals surface area (Å²) in [6.07, 6.45) is 0. The SMILES string of the molecule is c1ccc2c(c1)-c1cccc3c(-n4c5ccccc5c5c6ccc7nc8c9ccccc9c9ccccc9n8c7c6ccc54)ccc-2c13. The second kappa shape index (κ2) is 8.67. The van der Waals surface area contributed by atoms with E-state index in [0.717, 1.165) is 16.7 Å². The first-order valence-electron chi connectivity index (χ1n) is 16.6. The minimum absolute atomic E-state index is 1.00. The van der Waals surface area contributed by atoms with E-state index in [2.05, 4.69) is 161 Å². The fourth-order valence-electron chi connectivity index (χ4n) is 8.91. The molecule has 0 spiro atoms. The van der Waals surface area contributed by atoms with Crippen LogP contribution in [-0.4, -0.2) is 14.0 Å². The molecule has 11 aromatic rings. The molecule has 1 aliphatic carbocycles. The van der Waals surface area contributed by atoms with Gasteiger partial charge >= 0.3 is 0 Å². The van der Waals surface area contributed by atoms with Crippen molar-refractivity contribution in [3.05, 3.63) is 152 Å². The summed E-state index contributed by atoms with van der Waals surface area (Å²) in [5.41, 5.74) is 13.3. The second-order valence-electron chi connectivity index (χ2n) is 13.1. The molecule has 0 aliphatic heterocycles. The van der Waals surface area contributed by atoms with Crippen LogP contribution in [0.1, 0.15) is 0 Å². The number of nitrogens with zero attached hydrogens (tertiary/aromatic N) is 3. The van der Waals surface area contributed by atoms with Gasteiger partial charge in [0.2, 0.25) is 0 Å². The summed E-state index contributed by atoms with van der Waals surface area (Å²) in [4.78, 5) is 5.27. The van der Waals surface area contributed by atoms with E-state index in [4.69, 9.17) is 4.98 Å². The van der Waals surface area contributed by atoms with Gasteiger partial charge in [-0.3, -0.25) is 4.40 Å². The quantitative estimate of drug-likeness (QED) is 0.170. The van der Waals surface area contributed by atoms with Crippen LogP contribution in [-0.2, 0) is 0 Å². The predicted octanol–water partition coefficient (Wildman–Crippen LogP) is 11.8. The van der Waals surface area contributed by atoms with Crippen LogP contribution in [0, 0.1) is 0 Å². The summed E-state index contributed by atoms with van der Waals surface area (Å²) in [5, 5.41) is 11.3. The Balaban J connectivity index is 1.23. The van der Waals surface area contributed by atoms with E-state index < -0.39 is 0 Å². The molecule has 0 amide bonds. The average molecular weight is 608 g/mol. The standard InChI is InChI=1S/C45H25N3/c1-2-11-27-26(10-1)30-16-9-17-35-40(24-21-31(27)42(30)35)47-39-19-8-6-15-36(39)43-32-20-23-37-44(33(32)22-25-41(43)47)48-38-18-7-5-13-29(38)28-12-3-4-14-34(28)45(48)46-37/h1-25H. The number of hydrogen-bond donors (Lipinski definition) is 0. The topological polar surface area (TPSA) is 22.2 Å². The van der Waals surface area contributed by atoms with Gasteiger partial charge < -0.3 is 4.57 Å². The third-order valence-corrected chi connectivity index (χ3v) is 10.8. The van der Waals surface area contributed by atoms with Crippen molar-refractivity contribution in [1.29, 1.82) is 0 Å². The molecule has 0 N–H and O–H groups in total. The highest BCUT2D eigenvalue weighted by Gasteiger charge is 2.24. The maximum Gasteiger partial charge on any atom is 0.146 e. The van der Waals surface area contributed by atoms with Gasteiger partial charge in [-0.15, -0.1) is 0 Å². The summed E-state index contributed by atoms with van der Waals surface area (Å²) in [7, 11) is 0. The summed E-state index contributed by atoms with van der Waals surface area (Å²) >= 11 is 0. The number of hydrogen-bond acceptors (Lipinski definition) is 1. The Hall–Kier alpha value is -6.45. The number of aromatic nitrogens is 3. The molecule has 220 valence electrons. The molecule has 0 unspecified atom stereocenters. The van der Waals surface area contributed by atoms with Gasteiger partial charge in [0.15, 0.2) is 0 Å². The van der Waals surface area contributed by atoms with Gasteiger partial charge in [-0.2, -0.15) is 0 Å². The zero-order valence-electron chi connectivity index (χ0n) is 25.8.